The number of carbonyl (C=O) groups excluding carboxylic acids is 1. The molecular formula is C65H89N3O8S. The molecule has 3 aromatic rings. The van der Waals surface area contributed by atoms with Gasteiger partial charge in [-0.1, -0.05) is 84.6 Å². The summed E-state index contributed by atoms with van der Waals surface area (Å²) in [6.07, 6.45) is 19.1. The largest absolute Gasteiger partial charge is 0.493 e. The van der Waals surface area contributed by atoms with E-state index in [1.54, 1.807) is 18.5 Å². The molecule has 0 N–H and O–H groups in total. The smallest absolute Gasteiger partial charge is 0.232 e. The number of hydrogen-bond acceptors (Lipinski definition) is 9. The van der Waals surface area contributed by atoms with Gasteiger partial charge in [-0.3, -0.25) is 9.10 Å². The lowest BCUT2D eigenvalue weighted by molar-refractivity contribution is -0.131. The van der Waals surface area contributed by atoms with Crippen molar-refractivity contribution in [2.24, 2.45) is 29.6 Å². The van der Waals surface area contributed by atoms with Crippen LogP contribution in [0.25, 0.3) is 0 Å². The zero-order valence-corrected chi connectivity index (χ0v) is 49.7. The Hall–Kier alpha value is -4.86. The Bertz CT molecular complexity index is 2990. The van der Waals surface area contributed by atoms with Gasteiger partial charge in [-0.25, -0.2) is 8.42 Å². The highest BCUT2D eigenvalue weighted by molar-refractivity contribution is 7.92. The maximum atomic E-state index is 15.0. The Balaban J connectivity index is 0.974. The second kappa shape index (κ2) is 21.7. The van der Waals surface area contributed by atoms with Crippen molar-refractivity contribution in [1.29, 1.82) is 0 Å². The molecule has 10 rings (SSSR count). The number of rotatable bonds is 20. The number of piperidine rings is 2. The monoisotopic (exact) mass is 1070 g/mol. The molecule has 12 heteroatoms. The maximum Gasteiger partial charge on any atom is 0.232 e. The first kappa shape index (κ1) is 55.5. The predicted octanol–water partition coefficient (Wildman–Crippen LogP) is 12.8. The van der Waals surface area contributed by atoms with Crippen molar-refractivity contribution in [2.75, 3.05) is 60.9 Å². The first-order valence-electron chi connectivity index (χ1n) is 29.4. The lowest BCUT2D eigenvalue weighted by Crippen LogP contribution is -2.72. The topological polar surface area (TPSA) is 107 Å². The zero-order valence-electron chi connectivity index (χ0n) is 48.9. The van der Waals surface area contributed by atoms with Crippen molar-refractivity contribution < 1.29 is 36.9 Å². The van der Waals surface area contributed by atoms with Gasteiger partial charge in [0.25, 0.3) is 0 Å². The Morgan fingerprint density at radius 3 is 2.22 bits per heavy atom. The van der Waals surface area contributed by atoms with Gasteiger partial charge in [0.2, 0.25) is 15.9 Å². The molecule has 11 nitrogen and oxygen atoms in total. The minimum Gasteiger partial charge on any atom is -0.493 e. The first-order valence-corrected chi connectivity index (χ1v) is 31.3. The van der Waals surface area contributed by atoms with Crippen LogP contribution in [0.3, 0.4) is 0 Å². The summed E-state index contributed by atoms with van der Waals surface area (Å²) in [5, 5.41) is 0. The average Bonchev–Trinajstić information content (AvgIpc) is 3.98. The Kier molecular flexibility index (Phi) is 15.6. The minimum atomic E-state index is -3.57. The summed E-state index contributed by atoms with van der Waals surface area (Å²) in [5.74, 6) is 12.4. The third kappa shape index (κ3) is 9.82. The van der Waals surface area contributed by atoms with E-state index in [0.717, 1.165) is 105 Å². The molecule has 6 heterocycles. The summed E-state index contributed by atoms with van der Waals surface area (Å²) in [5.41, 5.74) is 11.6. The third-order valence-corrected chi connectivity index (χ3v) is 21.1. The molecule has 0 aromatic heterocycles. The van der Waals surface area contributed by atoms with Crippen molar-refractivity contribution in [1.82, 2.24) is 0 Å². The van der Waals surface area contributed by atoms with Crippen LogP contribution in [0.2, 0.25) is 0 Å². The molecule has 1 aliphatic carbocycles. The van der Waals surface area contributed by atoms with Crippen LogP contribution in [0, 0.1) is 69.1 Å². The molecule has 1 saturated carbocycles. The zero-order chi connectivity index (χ0) is 54.9. The van der Waals surface area contributed by atoms with Crippen LogP contribution in [-0.2, 0) is 37.8 Å². The van der Waals surface area contributed by atoms with E-state index in [1.165, 1.54) is 68.8 Å². The molecule has 3 fully saturated rings. The van der Waals surface area contributed by atoms with E-state index in [-0.39, 0.29) is 41.5 Å². The van der Waals surface area contributed by atoms with Gasteiger partial charge < -0.3 is 33.5 Å². The summed E-state index contributed by atoms with van der Waals surface area (Å²) in [6.45, 7) is 24.3. The van der Waals surface area contributed by atoms with Crippen LogP contribution < -0.4 is 33.1 Å². The molecule has 3 aromatic carbocycles. The van der Waals surface area contributed by atoms with E-state index in [1.807, 2.05) is 13.0 Å². The highest BCUT2D eigenvalue weighted by Crippen LogP contribution is 2.66. The molecule has 77 heavy (non-hydrogen) atoms. The van der Waals surface area contributed by atoms with Gasteiger partial charge in [-0.15, -0.1) is 5.92 Å². The Labute approximate surface area is 462 Å². The second-order valence-electron chi connectivity index (χ2n) is 25.3. The molecule has 1 amide bonds. The summed E-state index contributed by atoms with van der Waals surface area (Å²) < 4.78 is 61.8. The van der Waals surface area contributed by atoms with Crippen molar-refractivity contribution in [2.45, 2.75) is 195 Å². The normalized spacial score (nSPS) is 26.5. The lowest BCUT2D eigenvalue weighted by Gasteiger charge is -2.62. The summed E-state index contributed by atoms with van der Waals surface area (Å²) >= 11 is 0. The maximum absolute atomic E-state index is 15.0. The average molecular weight is 1070 g/mol. The third-order valence-electron chi connectivity index (χ3n) is 19.9. The molecule has 7 aliphatic rings. The number of nitrogens with zero attached hydrogens (tertiary/aromatic N) is 3. The molecule has 0 spiro atoms. The number of amides is 1. The van der Waals surface area contributed by atoms with Gasteiger partial charge in [0.1, 0.15) is 17.1 Å². The molecule has 0 radical (unpaired) electrons. The number of benzene rings is 3. The Morgan fingerprint density at radius 2 is 1.53 bits per heavy atom. The fraction of sp³-hybridized carbons (Fsp3) is 0.646. The molecule has 9 atom stereocenters. The van der Waals surface area contributed by atoms with E-state index in [2.05, 4.69) is 102 Å². The number of methoxy groups -OCH3 is 2. The van der Waals surface area contributed by atoms with Crippen molar-refractivity contribution in [3.63, 3.8) is 0 Å². The molecule has 2 bridgehead atoms. The molecule has 418 valence electrons. The highest BCUT2D eigenvalue weighted by atomic mass is 32.2. The molecular weight excluding hydrogens is 983 g/mol. The van der Waals surface area contributed by atoms with Gasteiger partial charge >= 0.3 is 0 Å². The number of ether oxygens (including phenoxy) is 5. The second-order valence-corrected chi connectivity index (χ2v) is 27.2. The van der Waals surface area contributed by atoms with Gasteiger partial charge in [0.05, 0.1) is 63.6 Å². The van der Waals surface area contributed by atoms with Crippen LogP contribution in [-0.4, -0.2) is 84.9 Å². The molecule has 0 unspecified atom stereocenters. The fourth-order valence-corrected chi connectivity index (χ4v) is 16.7. The summed E-state index contributed by atoms with van der Waals surface area (Å²) in [7, 11) is -0.237. The summed E-state index contributed by atoms with van der Waals surface area (Å²) in [4.78, 5) is 19.6. The number of sulfonamides is 1. The van der Waals surface area contributed by atoms with E-state index in [9.17, 15) is 13.2 Å². The molecule has 2 saturated heterocycles. The fourth-order valence-electron chi connectivity index (χ4n) is 15.8. The van der Waals surface area contributed by atoms with Crippen LogP contribution in [0.1, 0.15) is 170 Å². The molecule has 6 aliphatic heterocycles. The van der Waals surface area contributed by atoms with Crippen LogP contribution in [0.4, 0.5) is 17.1 Å². The van der Waals surface area contributed by atoms with Gasteiger partial charge in [-0.2, -0.15) is 0 Å². The van der Waals surface area contributed by atoms with Gasteiger partial charge in [-0.05, 0) is 161 Å². The lowest BCUT2D eigenvalue weighted by atomic mass is 9.51. The SMILES string of the molecule is CC#Cc1c(C)c(N2CC3=CCO[C@H]4CC(=O)N5c6cc(OC)c(OC)cc6[C@@]6(CCOc7c(C)c(C)c8c(c7C)CC[C@@](C)(CCC[C@H](C)CCC[C@H](C)CCCC(C)C)O8)[C@@H]5[C@H]4[C@@H]3C[C@@H]26)cc2c1CCN2S(C)(=O)=O. The number of fused-ring (bicyclic) bond motifs is 7. The van der Waals surface area contributed by atoms with Crippen LogP contribution >= 0.6 is 0 Å². The van der Waals surface area contributed by atoms with Crippen LogP contribution in [0.5, 0.6) is 23.0 Å². The van der Waals surface area contributed by atoms with E-state index < -0.39 is 15.4 Å². The number of carbonyl (C=O) groups is 1. The van der Waals surface area contributed by atoms with E-state index in [0.29, 0.717) is 62.8 Å². The van der Waals surface area contributed by atoms with Crippen molar-refractivity contribution in [3.05, 3.63) is 74.4 Å². The minimum absolute atomic E-state index is 0.0369. The summed E-state index contributed by atoms with van der Waals surface area (Å²) in [6, 6.07) is 5.88. The van der Waals surface area contributed by atoms with Gasteiger partial charge in [0, 0.05) is 53.3 Å². The highest BCUT2D eigenvalue weighted by Gasteiger charge is 2.70. The van der Waals surface area contributed by atoms with Crippen LogP contribution in [0.15, 0.2) is 29.8 Å². The van der Waals surface area contributed by atoms with E-state index >= 15 is 0 Å². The number of hydrogen-bond donors (Lipinski definition) is 0. The Morgan fingerprint density at radius 1 is 0.831 bits per heavy atom. The van der Waals surface area contributed by atoms with Crippen molar-refractivity contribution in [3.8, 4) is 34.8 Å². The quantitative estimate of drug-likeness (QED) is 0.0807. The number of anilines is 3. The standard InChI is InChI=1S/C65H89N3O8S/c1-14-18-47-44(8)52(35-53-49(47)25-30-67(53)77(13,70)71)66-38-46-26-31-74-57-37-59(69)68-54-36-56(73-12)55(72-11)34-51(54)65(58(66)33-50(46)60(57)63(65)68)29-32-75-61-42(6)43(7)62-48(45(61)9)24-28-64(10,76-62)27-17-23-41(5)22-16-21-40(4)20-15-19-39(2)3/h26,34-36,39-41,50,57-58,60,63H,15-17,19-25,27-33,37-38H2,1-13H3/t40-,41-,50-,57+,58-,60+,63+,64-,65-/m1/s1. The predicted molar refractivity (Wildman–Crippen MR) is 310 cm³/mol. The van der Waals surface area contributed by atoms with Gasteiger partial charge in [0.15, 0.2) is 11.5 Å². The first-order chi connectivity index (χ1) is 36.7. The van der Waals surface area contributed by atoms with Crippen molar-refractivity contribution >= 4 is 33.0 Å². The van der Waals surface area contributed by atoms with E-state index in [4.69, 9.17) is 23.7 Å².